The molecule has 1 unspecified atom stereocenters. The fourth-order valence-electron chi connectivity index (χ4n) is 1.53. The minimum atomic E-state index is -4.38. The SMILES string of the molecule is CCCCC(C(=O)c1ccc(C)o1)S(=O)(=O)O. The summed E-state index contributed by atoms with van der Waals surface area (Å²) < 4.78 is 36.4. The van der Waals surface area contributed by atoms with Gasteiger partial charge < -0.3 is 4.42 Å². The first-order valence-corrected chi connectivity index (χ1v) is 6.93. The van der Waals surface area contributed by atoms with Gasteiger partial charge in [0.2, 0.25) is 5.78 Å². The number of Topliss-reactive ketones (excluding diaryl/α,β-unsaturated/α-hetero) is 1. The van der Waals surface area contributed by atoms with E-state index < -0.39 is 21.2 Å². The van der Waals surface area contributed by atoms with Crippen LogP contribution in [-0.2, 0) is 10.1 Å². The number of furan rings is 1. The van der Waals surface area contributed by atoms with E-state index in [1.165, 1.54) is 6.07 Å². The Morgan fingerprint density at radius 3 is 2.53 bits per heavy atom. The Morgan fingerprint density at radius 1 is 1.47 bits per heavy atom. The molecule has 0 spiro atoms. The molecule has 0 aliphatic rings. The van der Waals surface area contributed by atoms with Gasteiger partial charge in [-0.2, -0.15) is 8.42 Å². The van der Waals surface area contributed by atoms with Crippen molar-refractivity contribution in [2.24, 2.45) is 0 Å². The molecule has 0 radical (unpaired) electrons. The lowest BCUT2D eigenvalue weighted by molar-refractivity contribution is 0.0952. The zero-order chi connectivity index (χ0) is 13.1. The molecule has 1 aromatic heterocycles. The first-order valence-electron chi connectivity index (χ1n) is 5.43. The predicted octanol–water partition coefficient (Wildman–Crippen LogP) is 2.22. The van der Waals surface area contributed by atoms with E-state index in [4.69, 9.17) is 8.97 Å². The van der Waals surface area contributed by atoms with Crippen LogP contribution in [0.25, 0.3) is 0 Å². The highest BCUT2D eigenvalue weighted by atomic mass is 32.2. The third kappa shape index (κ3) is 3.67. The summed E-state index contributed by atoms with van der Waals surface area (Å²) >= 11 is 0. The van der Waals surface area contributed by atoms with Crippen molar-refractivity contribution < 1.29 is 22.2 Å². The van der Waals surface area contributed by atoms with Gasteiger partial charge in [-0.3, -0.25) is 9.35 Å². The minimum Gasteiger partial charge on any atom is -0.458 e. The number of carbonyl (C=O) groups is 1. The van der Waals surface area contributed by atoms with E-state index in [9.17, 15) is 13.2 Å². The number of hydrogen-bond donors (Lipinski definition) is 1. The second-order valence-electron chi connectivity index (χ2n) is 3.92. The maximum Gasteiger partial charge on any atom is 0.275 e. The number of hydrogen-bond acceptors (Lipinski definition) is 4. The predicted molar refractivity (Wildman–Crippen MR) is 62.6 cm³/mol. The molecule has 1 heterocycles. The highest BCUT2D eigenvalue weighted by molar-refractivity contribution is 7.87. The highest BCUT2D eigenvalue weighted by Gasteiger charge is 2.32. The zero-order valence-electron chi connectivity index (χ0n) is 9.84. The molecule has 0 bridgehead atoms. The Balaban J connectivity index is 2.95. The first-order chi connectivity index (χ1) is 7.86. The maximum absolute atomic E-state index is 11.9. The molecule has 0 fully saturated rings. The van der Waals surface area contributed by atoms with Crippen LogP contribution in [0.5, 0.6) is 0 Å². The summed E-state index contributed by atoms with van der Waals surface area (Å²) in [6, 6.07) is 3.00. The Hall–Kier alpha value is -1.14. The van der Waals surface area contributed by atoms with Crippen molar-refractivity contribution in [3.8, 4) is 0 Å². The number of aryl methyl sites for hydroxylation is 1. The van der Waals surface area contributed by atoms with Crippen molar-refractivity contribution >= 4 is 15.9 Å². The van der Waals surface area contributed by atoms with Crippen LogP contribution in [0.2, 0.25) is 0 Å². The number of carbonyl (C=O) groups excluding carboxylic acids is 1. The Labute approximate surface area is 101 Å². The molecule has 0 saturated carbocycles. The van der Waals surface area contributed by atoms with E-state index >= 15 is 0 Å². The van der Waals surface area contributed by atoms with Crippen LogP contribution in [0.1, 0.15) is 42.5 Å². The first kappa shape index (κ1) is 13.9. The van der Waals surface area contributed by atoms with Gasteiger partial charge in [0.1, 0.15) is 5.76 Å². The molecule has 0 aromatic carbocycles. The van der Waals surface area contributed by atoms with Crippen molar-refractivity contribution in [2.75, 3.05) is 0 Å². The van der Waals surface area contributed by atoms with Gasteiger partial charge in [0, 0.05) is 0 Å². The van der Waals surface area contributed by atoms with Crippen LogP contribution in [0.15, 0.2) is 16.5 Å². The van der Waals surface area contributed by atoms with Crippen LogP contribution in [0.3, 0.4) is 0 Å². The van der Waals surface area contributed by atoms with E-state index in [1.807, 2.05) is 6.92 Å². The van der Waals surface area contributed by atoms with E-state index in [0.717, 1.165) is 6.42 Å². The summed E-state index contributed by atoms with van der Waals surface area (Å²) in [4.78, 5) is 11.9. The van der Waals surface area contributed by atoms with Crippen molar-refractivity contribution in [1.82, 2.24) is 0 Å². The van der Waals surface area contributed by atoms with Crippen LogP contribution in [0.4, 0.5) is 0 Å². The van der Waals surface area contributed by atoms with E-state index in [1.54, 1.807) is 13.0 Å². The van der Waals surface area contributed by atoms with Gasteiger partial charge in [-0.1, -0.05) is 19.8 Å². The second-order valence-corrected chi connectivity index (χ2v) is 5.52. The van der Waals surface area contributed by atoms with Gasteiger partial charge in [-0.15, -0.1) is 0 Å². The molecule has 0 saturated heterocycles. The molecule has 6 heteroatoms. The molecule has 5 nitrogen and oxygen atoms in total. The average Bonchev–Trinajstić information content (AvgIpc) is 2.63. The van der Waals surface area contributed by atoms with Gasteiger partial charge in [-0.25, -0.2) is 0 Å². The number of ketones is 1. The van der Waals surface area contributed by atoms with E-state index in [2.05, 4.69) is 0 Å². The topological polar surface area (TPSA) is 84.6 Å². The number of unbranched alkanes of at least 4 members (excludes halogenated alkanes) is 1. The molecule has 0 aliphatic carbocycles. The Morgan fingerprint density at radius 2 is 2.12 bits per heavy atom. The van der Waals surface area contributed by atoms with Crippen molar-refractivity contribution in [3.63, 3.8) is 0 Å². The molecule has 1 N–H and O–H groups in total. The summed E-state index contributed by atoms with van der Waals surface area (Å²) in [5, 5.41) is -1.42. The lowest BCUT2D eigenvalue weighted by Gasteiger charge is -2.10. The highest BCUT2D eigenvalue weighted by Crippen LogP contribution is 2.17. The average molecular weight is 260 g/mol. The zero-order valence-corrected chi connectivity index (χ0v) is 10.7. The smallest absolute Gasteiger partial charge is 0.275 e. The Bertz CT molecular complexity index is 486. The van der Waals surface area contributed by atoms with Crippen molar-refractivity contribution in [1.29, 1.82) is 0 Å². The molecule has 0 amide bonds. The maximum atomic E-state index is 11.9. The van der Waals surface area contributed by atoms with E-state index in [-0.39, 0.29) is 12.2 Å². The van der Waals surface area contributed by atoms with Crippen LogP contribution in [-0.4, -0.2) is 24.0 Å². The number of rotatable bonds is 6. The van der Waals surface area contributed by atoms with E-state index in [0.29, 0.717) is 12.2 Å². The molecular weight excluding hydrogens is 244 g/mol. The van der Waals surface area contributed by atoms with Gasteiger partial charge in [-0.05, 0) is 25.5 Å². The molecule has 1 rings (SSSR count). The van der Waals surface area contributed by atoms with Gasteiger partial charge >= 0.3 is 0 Å². The van der Waals surface area contributed by atoms with Crippen molar-refractivity contribution in [3.05, 3.63) is 23.7 Å². The van der Waals surface area contributed by atoms with Gasteiger partial charge in [0.15, 0.2) is 11.0 Å². The molecule has 17 heavy (non-hydrogen) atoms. The lowest BCUT2D eigenvalue weighted by atomic mass is 10.1. The molecule has 1 aromatic rings. The summed E-state index contributed by atoms with van der Waals surface area (Å²) in [5.74, 6) is -0.187. The fraction of sp³-hybridized carbons (Fsp3) is 0.545. The normalized spacial score (nSPS) is 13.6. The monoisotopic (exact) mass is 260 g/mol. The summed E-state index contributed by atoms with van der Waals surface area (Å²) in [6.07, 6.45) is 1.40. The molecule has 0 aliphatic heterocycles. The minimum absolute atomic E-state index is 0.0266. The lowest BCUT2D eigenvalue weighted by Crippen LogP contribution is -2.29. The second kappa shape index (κ2) is 5.46. The summed E-state index contributed by atoms with van der Waals surface area (Å²) in [6.45, 7) is 3.54. The van der Waals surface area contributed by atoms with Gasteiger partial charge in [0.05, 0.1) is 0 Å². The third-order valence-corrected chi connectivity index (χ3v) is 3.62. The standard InChI is InChI=1S/C11H16O5S/c1-3-4-5-10(17(13,14)15)11(12)9-7-6-8(2)16-9/h6-7,10H,3-5H2,1-2H3,(H,13,14,15). The quantitative estimate of drug-likeness (QED) is 0.626. The summed E-state index contributed by atoms with van der Waals surface area (Å²) in [5.41, 5.74) is 0. The third-order valence-electron chi connectivity index (χ3n) is 2.46. The largest absolute Gasteiger partial charge is 0.458 e. The van der Waals surface area contributed by atoms with Crippen LogP contribution >= 0.6 is 0 Å². The fourth-order valence-corrected chi connectivity index (χ4v) is 2.38. The van der Waals surface area contributed by atoms with Crippen molar-refractivity contribution in [2.45, 2.75) is 38.4 Å². The molecule has 1 atom stereocenters. The van der Waals surface area contributed by atoms with Crippen LogP contribution < -0.4 is 0 Å². The Kier molecular flexibility index (Phi) is 4.47. The van der Waals surface area contributed by atoms with Gasteiger partial charge in [0.25, 0.3) is 10.1 Å². The molecule has 96 valence electrons. The molecular formula is C11H16O5S. The van der Waals surface area contributed by atoms with Crippen LogP contribution in [0, 0.1) is 6.92 Å². The summed E-state index contributed by atoms with van der Waals surface area (Å²) in [7, 11) is -4.38.